The fraction of sp³-hybridized carbons (Fsp3) is 0.154. The zero-order valence-electron chi connectivity index (χ0n) is 10.5. The highest BCUT2D eigenvalue weighted by atomic mass is 16.2. The Bertz CT molecular complexity index is 715. The highest BCUT2D eigenvalue weighted by Gasteiger charge is 2.09. The molecule has 0 unspecified atom stereocenters. The summed E-state index contributed by atoms with van der Waals surface area (Å²) in [5, 5.41) is 2.66. The Balaban J connectivity index is 2.33. The molecule has 0 aliphatic heterocycles. The van der Waals surface area contributed by atoms with Crippen molar-refractivity contribution in [2.45, 2.75) is 13.8 Å². The topological polar surface area (TPSA) is 94.8 Å². The fourth-order valence-corrected chi connectivity index (χ4v) is 1.65. The average molecular weight is 259 g/mol. The van der Waals surface area contributed by atoms with Gasteiger partial charge in [0.2, 0.25) is 0 Å². The van der Waals surface area contributed by atoms with E-state index in [1.165, 1.54) is 0 Å². The van der Waals surface area contributed by atoms with Gasteiger partial charge in [-0.05, 0) is 31.0 Å². The summed E-state index contributed by atoms with van der Waals surface area (Å²) < 4.78 is 0. The van der Waals surface area contributed by atoms with Gasteiger partial charge in [0.1, 0.15) is 5.69 Å². The second-order valence-corrected chi connectivity index (χ2v) is 4.27. The molecule has 0 atom stereocenters. The van der Waals surface area contributed by atoms with Gasteiger partial charge in [0.25, 0.3) is 11.5 Å². The summed E-state index contributed by atoms with van der Waals surface area (Å²) in [4.78, 5) is 38.5. The molecule has 0 spiro atoms. The number of aryl methyl sites for hydroxylation is 2. The standard InChI is InChI=1S/C13H13N3O3/c1-7-3-4-8(2)9(5-7)14-12(18)10-6-11(17)16-13(19)15-10/h3-6H,1-2H3,(H,14,18)(H2,15,16,17,19). The number of amides is 1. The van der Waals surface area contributed by atoms with Crippen LogP contribution in [-0.4, -0.2) is 15.9 Å². The number of carbonyl (C=O) groups is 1. The molecule has 0 fully saturated rings. The number of anilines is 1. The second-order valence-electron chi connectivity index (χ2n) is 4.27. The minimum absolute atomic E-state index is 0.0744. The van der Waals surface area contributed by atoms with Crippen molar-refractivity contribution in [3.05, 3.63) is 61.9 Å². The highest BCUT2D eigenvalue weighted by Crippen LogP contribution is 2.16. The number of benzene rings is 1. The van der Waals surface area contributed by atoms with Gasteiger partial charge in [-0.1, -0.05) is 12.1 Å². The van der Waals surface area contributed by atoms with E-state index in [1.807, 2.05) is 37.0 Å². The molecular weight excluding hydrogens is 246 g/mol. The van der Waals surface area contributed by atoms with E-state index < -0.39 is 17.2 Å². The van der Waals surface area contributed by atoms with Gasteiger partial charge in [-0.25, -0.2) is 4.79 Å². The van der Waals surface area contributed by atoms with Gasteiger partial charge in [-0.3, -0.25) is 14.6 Å². The molecule has 0 aliphatic carbocycles. The van der Waals surface area contributed by atoms with Gasteiger partial charge < -0.3 is 10.3 Å². The van der Waals surface area contributed by atoms with E-state index in [0.717, 1.165) is 17.2 Å². The summed E-state index contributed by atoms with van der Waals surface area (Å²) in [7, 11) is 0. The summed E-state index contributed by atoms with van der Waals surface area (Å²) in [6, 6.07) is 6.67. The number of rotatable bonds is 2. The lowest BCUT2D eigenvalue weighted by Gasteiger charge is -2.08. The van der Waals surface area contributed by atoms with Gasteiger partial charge in [0.05, 0.1) is 0 Å². The number of carbonyl (C=O) groups excluding carboxylic acids is 1. The minimum Gasteiger partial charge on any atom is -0.320 e. The number of hydrogen-bond acceptors (Lipinski definition) is 3. The molecule has 1 amide bonds. The summed E-state index contributed by atoms with van der Waals surface area (Å²) in [6.07, 6.45) is 0. The quantitative estimate of drug-likeness (QED) is 0.748. The molecular formula is C13H13N3O3. The Kier molecular flexibility index (Phi) is 3.33. The second kappa shape index (κ2) is 4.93. The Hall–Kier alpha value is -2.63. The third-order valence-corrected chi connectivity index (χ3v) is 2.65. The van der Waals surface area contributed by atoms with Crippen molar-refractivity contribution in [3.63, 3.8) is 0 Å². The highest BCUT2D eigenvalue weighted by molar-refractivity contribution is 6.03. The molecule has 0 radical (unpaired) electrons. The number of hydrogen-bond donors (Lipinski definition) is 3. The van der Waals surface area contributed by atoms with Crippen molar-refractivity contribution >= 4 is 11.6 Å². The first-order chi connectivity index (χ1) is 8.95. The molecule has 19 heavy (non-hydrogen) atoms. The molecule has 0 saturated carbocycles. The van der Waals surface area contributed by atoms with E-state index in [2.05, 4.69) is 10.3 Å². The number of H-pyrrole nitrogens is 2. The molecule has 2 rings (SSSR count). The van der Waals surface area contributed by atoms with Crippen molar-refractivity contribution in [1.29, 1.82) is 0 Å². The van der Waals surface area contributed by atoms with Crippen molar-refractivity contribution in [2.75, 3.05) is 5.32 Å². The number of aromatic nitrogens is 2. The van der Waals surface area contributed by atoms with Crippen LogP contribution in [0.15, 0.2) is 33.9 Å². The lowest BCUT2D eigenvalue weighted by atomic mass is 10.1. The van der Waals surface area contributed by atoms with Crippen LogP contribution in [0.3, 0.4) is 0 Å². The van der Waals surface area contributed by atoms with Crippen LogP contribution in [0.1, 0.15) is 21.6 Å². The predicted octanol–water partition coefficient (Wildman–Crippen LogP) is 0.932. The largest absolute Gasteiger partial charge is 0.326 e. The van der Waals surface area contributed by atoms with E-state index in [4.69, 9.17) is 0 Å². The minimum atomic E-state index is -0.710. The van der Waals surface area contributed by atoms with E-state index >= 15 is 0 Å². The fourth-order valence-electron chi connectivity index (χ4n) is 1.65. The predicted molar refractivity (Wildman–Crippen MR) is 71.6 cm³/mol. The van der Waals surface area contributed by atoms with Crippen LogP contribution in [-0.2, 0) is 0 Å². The first-order valence-electron chi connectivity index (χ1n) is 5.68. The van der Waals surface area contributed by atoms with Gasteiger partial charge in [0, 0.05) is 11.8 Å². The summed E-state index contributed by atoms with van der Waals surface area (Å²) >= 11 is 0. The smallest absolute Gasteiger partial charge is 0.320 e. The van der Waals surface area contributed by atoms with Gasteiger partial charge >= 0.3 is 5.69 Å². The Morgan fingerprint density at radius 2 is 1.84 bits per heavy atom. The summed E-state index contributed by atoms with van der Waals surface area (Å²) in [5.41, 5.74) is 1.14. The Morgan fingerprint density at radius 3 is 2.53 bits per heavy atom. The van der Waals surface area contributed by atoms with E-state index in [0.29, 0.717) is 5.69 Å². The van der Waals surface area contributed by atoms with Crippen molar-refractivity contribution in [1.82, 2.24) is 9.97 Å². The first kappa shape index (κ1) is 12.8. The molecule has 1 heterocycles. The van der Waals surface area contributed by atoms with Crippen LogP contribution in [0.4, 0.5) is 5.69 Å². The summed E-state index contributed by atoms with van der Waals surface area (Å²) in [6.45, 7) is 3.76. The number of nitrogens with one attached hydrogen (secondary N) is 3. The maximum absolute atomic E-state index is 11.9. The van der Waals surface area contributed by atoms with Crippen LogP contribution >= 0.6 is 0 Å². The zero-order valence-corrected chi connectivity index (χ0v) is 10.5. The van der Waals surface area contributed by atoms with Crippen LogP contribution < -0.4 is 16.6 Å². The lowest BCUT2D eigenvalue weighted by Crippen LogP contribution is -2.27. The third kappa shape index (κ3) is 2.98. The molecule has 98 valence electrons. The van der Waals surface area contributed by atoms with Crippen LogP contribution in [0.2, 0.25) is 0 Å². The maximum atomic E-state index is 11.9. The normalized spacial score (nSPS) is 10.2. The van der Waals surface area contributed by atoms with Crippen molar-refractivity contribution < 1.29 is 4.79 Å². The van der Waals surface area contributed by atoms with Gasteiger partial charge in [-0.15, -0.1) is 0 Å². The molecule has 0 bridgehead atoms. The summed E-state index contributed by atoms with van der Waals surface area (Å²) in [5.74, 6) is -0.531. The monoisotopic (exact) mass is 259 g/mol. The van der Waals surface area contributed by atoms with Gasteiger partial charge in [0.15, 0.2) is 0 Å². The Labute approximate surface area is 108 Å². The molecule has 6 heteroatoms. The molecule has 0 saturated heterocycles. The molecule has 2 aromatic rings. The van der Waals surface area contributed by atoms with Gasteiger partial charge in [-0.2, -0.15) is 0 Å². The third-order valence-electron chi connectivity index (χ3n) is 2.65. The van der Waals surface area contributed by atoms with Crippen LogP contribution in [0.25, 0.3) is 0 Å². The van der Waals surface area contributed by atoms with E-state index in [9.17, 15) is 14.4 Å². The molecule has 1 aromatic carbocycles. The lowest BCUT2D eigenvalue weighted by molar-refractivity contribution is 0.102. The van der Waals surface area contributed by atoms with Crippen LogP contribution in [0.5, 0.6) is 0 Å². The van der Waals surface area contributed by atoms with E-state index in [1.54, 1.807) is 0 Å². The molecule has 1 aromatic heterocycles. The molecule has 3 N–H and O–H groups in total. The first-order valence-corrected chi connectivity index (χ1v) is 5.68. The van der Waals surface area contributed by atoms with Crippen molar-refractivity contribution in [2.24, 2.45) is 0 Å². The zero-order chi connectivity index (χ0) is 14.0. The Morgan fingerprint density at radius 1 is 1.11 bits per heavy atom. The van der Waals surface area contributed by atoms with Crippen molar-refractivity contribution in [3.8, 4) is 0 Å². The average Bonchev–Trinajstić information content (AvgIpc) is 2.32. The number of aromatic amines is 2. The van der Waals surface area contributed by atoms with E-state index in [-0.39, 0.29) is 5.69 Å². The van der Waals surface area contributed by atoms with Crippen LogP contribution in [0, 0.1) is 13.8 Å². The molecule has 6 nitrogen and oxygen atoms in total. The maximum Gasteiger partial charge on any atom is 0.326 e. The molecule has 0 aliphatic rings. The SMILES string of the molecule is Cc1ccc(C)c(NC(=O)c2cc(=O)[nH]c(=O)[nH]2)c1.